The van der Waals surface area contributed by atoms with Crippen LogP contribution in [0.25, 0.3) is 0 Å². The molecule has 0 bridgehead atoms. The van der Waals surface area contributed by atoms with E-state index in [1.165, 1.54) is 0 Å². The number of hydrogen-bond donors (Lipinski definition) is 0. The van der Waals surface area contributed by atoms with Crippen molar-refractivity contribution in [1.82, 2.24) is 0 Å². The maximum absolute atomic E-state index is 5.88. The summed E-state index contributed by atoms with van der Waals surface area (Å²) in [6, 6.07) is 0. The summed E-state index contributed by atoms with van der Waals surface area (Å²) in [6.45, 7) is 5.95. The number of ether oxygens (including phenoxy) is 1. The molecule has 0 spiro atoms. The normalized spacial score (nSPS) is 34.3. The van der Waals surface area contributed by atoms with Gasteiger partial charge in [0.2, 0.25) is 0 Å². The first-order valence-corrected chi connectivity index (χ1v) is 3.76. The fourth-order valence-corrected chi connectivity index (χ4v) is 1.69. The Balaban J connectivity index is 2.41. The van der Waals surface area contributed by atoms with Gasteiger partial charge >= 0.3 is 0 Å². The van der Waals surface area contributed by atoms with Crippen LogP contribution in [0, 0.1) is 5.41 Å². The van der Waals surface area contributed by atoms with Gasteiger partial charge in [-0.25, -0.2) is 0 Å². The number of halogens is 1. The molecule has 9 heavy (non-hydrogen) atoms. The standard InChI is InChI=1S/C7H13ClO/c1-7(2)3-6(8)4-9-5-7/h6H,3-5H2,1-2H3. The molecular weight excluding hydrogens is 136 g/mol. The summed E-state index contributed by atoms with van der Waals surface area (Å²) >= 11 is 5.88. The summed E-state index contributed by atoms with van der Waals surface area (Å²) in [4.78, 5) is 0. The highest BCUT2D eigenvalue weighted by Crippen LogP contribution is 2.29. The zero-order valence-corrected chi connectivity index (χ0v) is 6.74. The average Bonchev–Trinajstić information content (AvgIpc) is 1.60. The molecule has 0 N–H and O–H groups in total. The summed E-state index contributed by atoms with van der Waals surface area (Å²) in [5.41, 5.74) is 0.296. The van der Waals surface area contributed by atoms with Gasteiger partial charge < -0.3 is 4.74 Å². The molecule has 1 rings (SSSR count). The molecule has 0 amide bonds. The molecule has 1 atom stereocenters. The van der Waals surface area contributed by atoms with E-state index in [0.29, 0.717) is 5.41 Å². The molecule has 1 unspecified atom stereocenters. The van der Waals surface area contributed by atoms with Gasteiger partial charge in [0.15, 0.2) is 0 Å². The molecule has 0 aromatic carbocycles. The summed E-state index contributed by atoms with van der Waals surface area (Å²) < 4.78 is 5.27. The predicted molar refractivity (Wildman–Crippen MR) is 38.9 cm³/mol. The van der Waals surface area contributed by atoms with E-state index in [-0.39, 0.29) is 5.38 Å². The number of rotatable bonds is 0. The van der Waals surface area contributed by atoms with Gasteiger partial charge in [-0.15, -0.1) is 11.6 Å². The van der Waals surface area contributed by atoms with Crippen LogP contribution in [0.4, 0.5) is 0 Å². The fourth-order valence-electron chi connectivity index (χ4n) is 1.18. The molecule has 54 valence electrons. The van der Waals surface area contributed by atoms with E-state index >= 15 is 0 Å². The number of hydrogen-bond acceptors (Lipinski definition) is 1. The van der Waals surface area contributed by atoms with Gasteiger partial charge in [0.1, 0.15) is 0 Å². The predicted octanol–water partition coefficient (Wildman–Crippen LogP) is 2.04. The van der Waals surface area contributed by atoms with Crippen molar-refractivity contribution in [2.75, 3.05) is 13.2 Å². The minimum absolute atomic E-state index is 0.230. The Morgan fingerprint density at radius 2 is 2.22 bits per heavy atom. The second kappa shape index (κ2) is 2.47. The summed E-state index contributed by atoms with van der Waals surface area (Å²) in [7, 11) is 0. The van der Waals surface area contributed by atoms with Gasteiger partial charge in [0.05, 0.1) is 18.6 Å². The van der Waals surface area contributed by atoms with Crippen LogP contribution in [0.1, 0.15) is 20.3 Å². The van der Waals surface area contributed by atoms with Crippen molar-refractivity contribution in [3.63, 3.8) is 0 Å². The third-order valence-corrected chi connectivity index (χ3v) is 1.85. The van der Waals surface area contributed by atoms with E-state index in [4.69, 9.17) is 16.3 Å². The molecule has 0 radical (unpaired) electrons. The Labute approximate surface area is 61.3 Å². The first kappa shape index (κ1) is 7.36. The Bertz CT molecular complexity index is 101. The highest BCUT2D eigenvalue weighted by Gasteiger charge is 2.27. The molecule has 0 aromatic rings. The first-order valence-electron chi connectivity index (χ1n) is 3.32. The van der Waals surface area contributed by atoms with Crippen molar-refractivity contribution in [3.8, 4) is 0 Å². The molecular formula is C7H13ClO. The number of alkyl halides is 1. The average molecular weight is 149 g/mol. The van der Waals surface area contributed by atoms with Crippen molar-refractivity contribution >= 4 is 11.6 Å². The van der Waals surface area contributed by atoms with Gasteiger partial charge in [-0.3, -0.25) is 0 Å². The topological polar surface area (TPSA) is 9.23 Å². The zero-order chi connectivity index (χ0) is 6.91. The van der Waals surface area contributed by atoms with E-state index < -0.39 is 0 Å². The molecule has 1 aliphatic heterocycles. The van der Waals surface area contributed by atoms with Gasteiger partial charge in [0, 0.05) is 0 Å². The summed E-state index contributed by atoms with van der Waals surface area (Å²) in [5.74, 6) is 0. The van der Waals surface area contributed by atoms with Crippen LogP contribution in [0.5, 0.6) is 0 Å². The third-order valence-electron chi connectivity index (χ3n) is 1.57. The largest absolute Gasteiger partial charge is 0.379 e. The molecule has 1 heterocycles. The molecule has 1 fully saturated rings. The zero-order valence-electron chi connectivity index (χ0n) is 5.98. The highest BCUT2D eigenvalue weighted by atomic mass is 35.5. The monoisotopic (exact) mass is 148 g/mol. The maximum Gasteiger partial charge on any atom is 0.0630 e. The van der Waals surface area contributed by atoms with E-state index in [0.717, 1.165) is 19.6 Å². The minimum Gasteiger partial charge on any atom is -0.379 e. The van der Waals surface area contributed by atoms with Gasteiger partial charge in [-0.1, -0.05) is 13.8 Å². The van der Waals surface area contributed by atoms with Crippen molar-refractivity contribution in [2.45, 2.75) is 25.6 Å². The molecule has 0 saturated carbocycles. The van der Waals surface area contributed by atoms with Crippen LogP contribution >= 0.6 is 11.6 Å². The van der Waals surface area contributed by atoms with Crippen molar-refractivity contribution in [2.24, 2.45) is 5.41 Å². The van der Waals surface area contributed by atoms with Gasteiger partial charge in [-0.2, -0.15) is 0 Å². The van der Waals surface area contributed by atoms with Crippen LogP contribution in [0.2, 0.25) is 0 Å². The van der Waals surface area contributed by atoms with Crippen molar-refractivity contribution in [1.29, 1.82) is 0 Å². The summed E-state index contributed by atoms with van der Waals surface area (Å²) in [6.07, 6.45) is 1.08. The Hall–Kier alpha value is 0.250. The van der Waals surface area contributed by atoms with Crippen molar-refractivity contribution in [3.05, 3.63) is 0 Å². The molecule has 0 aliphatic carbocycles. The van der Waals surface area contributed by atoms with Gasteiger partial charge in [0.25, 0.3) is 0 Å². The van der Waals surface area contributed by atoms with Gasteiger partial charge in [-0.05, 0) is 11.8 Å². The van der Waals surface area contributed by atoms with Crippen LogP contribution < -0.4 is 0 Å². The van der Waals surface area contributed by atoms with Crippen LogP contribution in [-0.4, -0.2) is 18.6 Å². The molecule has 1 saturated heterocycles. The molecule has 2 heteroatoms. The molecule has 0 aromatic heterocycles. The lowest BCUT2D eigenvalue weighted by atomic mass is 9.87. The molecule has 1 nitrogen and oxygen atoms in total. The second-order valence-corrected chi connectivity index (χ2v) is 4.10. The van der Waals surface area contributed by atoms with Crippen molar-refractivity contribution < 1.29 is 4.74 Å². The second-order valence-electron chi connectivity index (χ2n) is 3.48. The third kappa shape index (κ3) is 2.15. The lowest BCUT2D eigenvalue weighted by Gasteiger charge is -2.31. The smallest absolute Gasteiger partial charge is 0.0630 e. The summed E-state index contributed by atoms with van der Waals surface area (Å²) in [5, 5.41) is 0.230. The quantitative estimate of drug-likeness (QED) is 0.478. The van der Waals surface area contributed by atoms with Crippen LogP contribution in [0.3, 0.4) is 0 Å². The Morgan fingerprint density at radius 1 is 1.56 bits per heavy atom. The van der Waals surface area contributed by atoms with E-state index in [9.17, 15) is 0 Å². The van der Waals surface area contributed by atoms with Crippen LogP contribution in [0.15, 0.2) is 0 Å². The van der Waals surface area contributed by atoms with Crippen LogP contribution in [-0.2, 0) is 4.74 Å². The Morgan fingerprint density at radius 3 is 2.56 bits per heavy atom. The van der Waals surface area contributed by atoms with E-state index in [1.54, 1.807) is 0 Å². The Kier molecular flexibility index (Phi) is 2.02. The van der Waals surface area contributed by atoms with E-state index in [1.807, 2.05) is 0 Å². The first-order chi connectivity index (χ1) is 4.10. The molecule has 1 aliphatic rings. The highest BCUT2D eigenvalue weighted by molar-refractivity contribution is 6.20. The minimum atomic E-state index is 0.230. The lowest BCUT2D eigenvalue weighted by molar-refractivity contribution is 0.0156. The fraction of sp³-hybridized carbons (Fsp3) is 1.00. The lowest BCUT2D eigenvalue weighted by Crippen LogP contribution is -2.32. The maximum atomic E-state index is 5.88. The SMILES string of the molecule is CC1(C)COCC(Cl)C1. The van der Waals surface area contributed by atoms with E-state index in [2.05, 4.69) is 13.8 Å².